The van der Waals surface area contributed by atoms with E-state index >= 15 is 0 Å². The Morgan fingerprint density at radius 3 is 2.56 bits per heavy atom. The van der Waals surface area contributed by atoms with Gasteiger partial charge in [-0.05, 0) is 49.4 Å². The third-order valence-corrected chi connectivity index (χ3v) is 6.87. The van der Waals surface area contributed by atoms with Gasteiger partial charge >= 0.3 is 13.7 Å². The zero-order chi connectivity index (χ0) is 25.1. The SMILES string of the molecule is Cc1nn(CCC#N)c(NC(=O)c2ccc(Br)cc2)c1P(=O)(O)Nc1cccc(C(F)(F)F)c1. The molecule has 0 fully saturated rings. The highest BCUT2D eigenvalue weighted by Gasteiger charge is 2.34. The first-order valence-corrected chi connectivity index (χ1v) is 12.2. The number of nitrogens with one attached hydrogen (secondary N) is 2. The quantitative estimate of drug-likeness (QED) is 0.350. The second-order valence-electron chi connectivity index (χ2n) is 7.14. The Morgan fingerprint density at radius 2 is 1.94 bits per heavy atom. The molecule has 0 aliphatic heterocycles. The van der Waals surface area contributed by atoms with Crippen molar-refractivity contribution in [2.24, 2.45) is 0 Å². The van der Waals surface area contributed by atoms with Crippen LogP contribution in [0.5, 0.6) is 0 Å². The van der Waals surface area contributed by atoms with Gasteiger partial charge in [-0.15, -0.1) is 0 Å². The van der Waals surface area contributed by atoms with E-state index in [9.17, 15) is 27.4 Å². The highest BCUT2D eigenvalue weighted by Crippen LogP contribution is 2.44. The number of hydrogen-bond donors (Lipinski definition) is 3. The van der Waals surface area contributed by atoms with E-state index in [4.69, 9.17) is 5.26 Å². The van der Waals surface area contributed by atoms with Crippen molar-refractivity contribution in [1.82, 2.24) is 9.78 Å². The van der Waals surface area contributed by atoms with Crippen LogP contribution in [0.15, 0.2) is 53.0 Å². The second kappa shape index (κ2) is 10.0. The van der Waals surface area contributed by atoms with Crippen molar-refractivity contribution >= 4 is 46.2 Å². The Balaban J connectivity index is 2.01. The molecular weight excluding hydrogens is 538 g/mol. The fourth-order valence-corrected chi connectivity index (χ4v) is 4.96. The number of hydrogen-bond acceptors (Lipinski definition) is 4. The number of anilines is 2. The third-order valence-electron chi connectivity index (χ3n) is 4.64. The zero-order valence-corrected chi connectivity index (χ0v) is 20.1. The number of carbonyl (C=O) groups is 1. The molecule has 178 valence electrons. The number of nitrogens with zero attached hydrogens (tertiary/aromatic N) is 3. The summed E-state index contributed by atoms with van der Waals surface area (Å²) in [5.41, 5.74) is -0.925. The molecule has 3 rings (SSSR count). The molecule has 34 heavy (non-hydrogen) atoms. The van der Waals surface area contributed by atoms with Gasteiger partial charge in [-0.3, -0.25) is 9.36 Å². The van der Waals surface area contributed by atoms with Crippen LogP contribution in [0.2, 0.25) is 0 Å². The maximum absolute atomic E-state index is 13.3. The molecule has 1 amide bonds. The minimum Gasteiger partial charge on any atom is -0.326 e. The summed E-state index contributed by atoms with van der Waals surface area (Å²) in [6.07, 6.45) is -4.64. The molecule has 2 aromatic carbocycles. The van der Waals surface area contributed by atoms with Crippen LogP contribution in [0.25, 0.3) is 0 Å². The first-order valence-electron chi connectivity index (χ1n) is 9.72. The van der Waals surface area contributed by atoms with E-state index in [1.54, 1.807) is 12.1 Å². The van der Waals surface area contributed by atoms with Crippen LogP contribution in [-0.2, 0) is 17.3 Å². The van der Waals surface area contributed by atoms with Crippen molar-refractivity contribution < 1.29 is 27.4 Å². The lowest BCUT2D eigenvalue weighted by Crippen LogP contribution is -2.23. The van der Waals surface area contributed by atoms with Gasteiger partial charge < -0.3 is 15.3 Å². The molecule has 0 aliphatic rings. The van der Waals surface area contributed by atoms with Crippen molar-refractivity contribution in [2.75, 3.05) is 10.4 Å². The summed E-state index contributed by atoms with van der Waals surface area (Å²) in [4.78, 5) is 23.6. The molecule has 0 saturated carbocycles. The highest BCUT2D eigenvalue weighted by molar-refractivity contribution is 9.10. The summed E-state index contributed by atoms with van der Waals surface area (Å²) >= 11 is 3.27. The molecule has 0 radical (unpaired) electrons. The van der Waals surface area contributed by atoms with Crippen LogP contribution in [0.3, 0.4) is 0 Å². The average molecular weight is 556 g/mol. The maximum atomic E-state index is 13.3. The first-order chi connectivity index (χ1) is 15.9. The van der Waals surface area contributed by atoms with Gasteiger partial charge in [0.1, 0.15) is 11.1 Å². The minimum absolute atomic E-state index is 0.00149. The highest BCUT2D eigenvalue weighted by atomic mass is 79.9. The molecule has 0 spiro atoms. The van der Waals surface area contributed by atoms with Crippen molar-refractivity contribution in [3.63, 3.8) is 0 Å². The number of halogens is 4. The van der Waals surface area contributed by atoms with E-state index in [1.165, 1.54) is 29.8 Å². The molecular formula is C21H18BrF3N5O3P. The fourth-order valence-electron chi connectivity index (χ4n) is 3.15. The lowest BCUT2D eigenvalue weighted by Gasteiger charge is -2.18. The van der Waals surface area contributed by atoms with Gasteiger partial charge in [-0.2, -0.15) is 23.5 Å². The molecule has 0 saturated heterocycles. The number of nitriles is 1. The summed E-state index contributed by atoms with van der Waals surface area (Å²) in [5, 5.41) is 17.6. The van der Waals surface area contributed by atoms with Crippen LogP contribution < -0.4 is 15.7 Å². The molecule has 13 heteroatoms. The Kier molecular flexibility index (Phi) is 7.51. The minimum atomic E-state index is -4.64. The average Bonchev–Trinajstić information content (AvgIpc) is 3.07. The van der Waals surface area contributed by atoms with Gasteiger partial charge in [0.15, 0.2) is 0 Å². The van der Waals surface area contributed by atoms with Crippen molar-refractivity contribution in [1.29, 1.82) is 5.26 Å². The van der Waals surface area contributed by atoms with E-state index in [2.05, 4.69) is 31.4 Å². The Hall–Kier alpha value is -3.13. The predicted molar refractivity (Wildman–Crippen MR) is 124 cm³/mol. The smallest absolute Gasteiger partial charge is 0.326 e. The van der Waals surface area contributed by atoms with Gasteiger partial charge in [-0.25, -0.2) is 4.68 Å². The lowest BCUT2D eigenvalue weighted by molar-refractivity contribution is -0.137. The van der Waals surface area contributed by atoms with E-state index in [1.807, 2.05) is 6.07 Å². The lowest BCUT2D eigenvalue weighted by atomic mass is 10.2. The van der Waals surface area contributed by atoms with Gasteiger partial charge in [0.05, 0.1) is 30.3 Å². The topological polar surface area (TPSA) is 120 Å². The molecule has 1 heterocycles. The number of alkyl halides is 3. The van der Waals surface area contributed by atoms with Gasteiger partial charge in [0, 0.05) is 15.7 Å². The second-order valence-corrected chi connectivity index (χ2v) is 9.88. The zero-order valence-electron chi connectivity index (χ0n) is 17.6. The van der Waals surface area contributed by atoms with Crippen molar-refractivity contribution in [3.8, 4) is 6.07 Å². The van der Waals surface area contributed by atoms with E-state index < -0.39 is 25.2 Å². The monoisotopic (exact) mass is 555 g/mol. The number of rotatable bonds is 7. The first kappa shape index (κ1) is 25.5. The molecule has 0 aliphatic carbocycles. The molecule has 0 bridgehead atoms. The normalized spacial score (nSPS) is 13.1. The van der Waals surface area contributed by atoms with Crippen molar-refractivity contribution in [2.45, 2.75) is 26.1 Å². The van der Waals surface area contributed by atoms with Gasteiger partial charge in [-0.1, -0.05) is 22.0 Å². The van der Waals surface area contributed by atoms with Crippen LogP contribution in [0.4, 0.5) is 24.7 Å². The Labute approximate surface area is 201 Å². The Morgan fingerprint density at radius 1 is 1.26 bits per heavy atom. The summed E-state index contributed by atoms with van der Waals surface area (Å²) in [7, 11) is -4.59. The standard InChI is InChI=1S/C21H18BrF3N5O3P/c1-13-18(34(32,33)29-17-5-2-4-15(12-17)21(23,24)25)19(30(28-13)11-3-10-26)27-20(31)14-6-8-16(22)9-7-14/h2,4-9,12H,3,11H2,1H3,(H,27,31)(H2,29,32,33). The Bertz CT molecular complexity index is 1300. The number of amides is 1. The number of aryl methyl sites for hydroxylation is 2. The molecule has 3 aromatic rings. The largest absolute Gasteiger partial charge is 0.416 e. The predicted octanol–water partition coefficient (Wildman–Crippen LogP) is 5.06. The molecule has 8 nitrogen and oxygen atoms in total. The van der Waals surface area contributed by atoms with Gasteiger partial charge in [0.2, 0.25) is 0 Å². The van der Waals surface area contributed by atoms with E-state index in [0.717, 1.165) is 16.6 Å². The van der Waals surface area contributed by atoms with Crippen LogP contribution in [0, 0.1) is 18.3 Å². The summed E-state index contributed by atoms with van der Waals surface area (Å²) in [6.45, 7) is 1.43. The maximum Gasteiger partial charge on any atom is 0.416 e. The summed E-state index contributed by atoms with van der Waals surface area (Å²) in [5.74, 6) is -0.739. The number of carbonyl (C=O) groups excluding carboxylic acids is 1. The van der Waals surface area contributed by atoms with Gasteiger partial charge in [0.25, 0.3) is 5.91 Å². The summed E-state index contributed by atoms with van der Waals surface area (Å²) < 4.78 is 54.4. The number of benzene rings is 2. The number of aromatic nitrogens is 2. The molecule has 3 N–H and O–H groups in total. The molecule has 1 atom stereocenters. The third kappa shape index (κ3) is 5.86. The molecule has 1 unspecified atom stereocenters. The van der Waals surface area contributed by atoms with E-state index in [0.29, 0.717) is 6.07 Å². The van der Waals surface area contributed by atoms with Crippen LogP contribution >= 0.6 is 23.4 Å². The summed E-state index contributed by atoms with van der Waals surface area (Å²) in [6, 6.07) is 12.1. The van der Waals surface area contributed by atoms with Crippen LogP contribution in [-0.4, -0.2) is 20.6 Å². The van der Waals surface area contributed by atoms with Crippen LogP contribution in [0.1, 0.15) is 28.0 Å². The van der Waals surface area contributed by atoms with E-state index in [-0.39, 0.29) is 41.0 Å². The van der Waals surface area contributed by atoms with Crippen molar-refractivity contribution in [3.05, 3.63) is 69.8 Å². The fraction of sp³-hybridized carbons (Fsp3) is 0.190. The molecule has 1 aromatic heterocycles.